The van der Waals surface area contributed by atoms with Crippen LogP contribution in [0.4, 0.5) is 4.20 Å². The van der Waals surface area contributed by atoms with E-state index in [0.29, 0.717) is 5.56 Å². The SMILES string of the molecule is O=P([O-])(F)OCc1ccccc1.[Na+]. The van der Waals surface area contributed by atoms with Crippen molar-refractivity contribution in [3.05, 3.63) is 35.9 Å². The van der Waals surface area contributed by atoms with Crippen LogP contribution in [0.15, 0.2) is 30.3 Å². The summed E-state index contributed by atoms with van der Waals surface area (Å²) in [7, 11) is -5.08. The minimum Gasteiger partial charge on any atom is -0.753 e. The zero-order chi connectivity index (χ0) is 9.03. The molecule has 1 aromatic carbocycles. The van der Waals surface area contributed by atoms with E-state index >= 15 is 0 Å². The molecule has 0 aromatic heterocycles. The van der Waals surface area contributed by atoms with Gasteiger partial charge in [0, 0.05) is 0 Å². The first-order valence-electron chi connectivity index (χ1n) is 3.27. The zero-order valence-corrected chi connectivity index (χ0v) is 10.0. The molecular weight excluding hydrogens is 205 g/mol. The Morgan fingerprint density at radius 3 is 2.38 bits per heavy atom. The summed E-state index contributed by atoms with van der Waals surface area (Å²) in [5.41, 5.74) is 0.617. The van der Waals surface area contributed by atoms with Gasteiger partial charge < -0.3 is 9.42 Å². The number of hydrogen-bond acceptors (Lipinski definition) is 3. The van der Waals surface area contributed by atoms with Crippen molar-refractivity contribution < 1.29 is 47.7 Å². The van der Waals surface area contributed by atoms with Gasteiger partial charge in [-0.15, -0.1) is 0 Å². The van der Waals surface area contributed by atoms with E-state index in [4.69, 9.17) is 0 Å². The molecule has 0 radical (unpaired) electrons. The number of halogens is 1. The number of rotatable bonds is 3. The molecule has 66 valence electrons. The molecule has 1 aromatic rings. The number of benzene rings is 1. The van der Waals surface area contributed by atoms with Crippen LogP contribution in [0, 0.1) is 0 Å². The summed E-state index contributed by atoms with van der Waals surface area (Å²) in [6.45, 7) is -0.252. The second-order valence-electron chi connectivity index (χ2n) is 2.19. The molecule has 0 N–H and O–H groups in total. The molecule has 1 unspecified atom stereocenters. The van der Waals surface area contributed by atoms with E-state index in [2.05, 4.69) is 4.52 Å². The van der Waals surface area contributed by atoms with Crippen LogP contribution < -0.4 is 34.5 Å². The summed E-state index contributed by atoms with van der Waals surface area (Å²) in [5, 5.41) is 0. The molecule has 0 saturated heterocycles. The molecule has 13 heavy (non-hydrogen) atoms. The van der Waals surface area contributed by atoms with E-state index in [1.165, 1.54) is 0 Å². The van der Waals surface area contributed by atoms with Gasteiger partial charge in [0.25, 0.3) is 0 Å². The zero-order valence-electron chi connectivity index (χ0n) is 7.14. The van der Waals surface area contributed by atoms with Crippen molar-refractivity contribution in [3.8, 4) is 0 Å². The van der Waals surface area contributed by atoms with Crippen molar-refractivity contribution in [2.24, 2.45) is 0 Å². The Labute approximate surface area is 97.9 Å². The summed E-state index contributed by atoms with van der Waals surface area (Å²) >= 11 is 0. The molecule has 6 heteroatoms. The minimum absolute atomic E-state index is 0. The summed E-state index contributed by atoms with van der Waals surface area (Å²) in [5.74, 6) is 0. The Bertz CT molecular complexity index is 287. The average Bonchev–Trinajstić information content (AvgIpc) is 2.02. The summed E-state index contributed by atoms with van der Waals surface area (Å²) < 4.78 is 25.7. The van der Waals surface area contributed by atoms with Gasteiger partial charge in [-0.2, -0.15) is 4.20 Å². The van der Waals surface area contributed by atoms with Gasteiger partial charge in [-0.25, -0.2) is 0 Å². The standard InChI is InChI=1S/C7H8FO3P.Na/c8-12(9,10)11-6-7-4-2-1-3-5-7;/h1-5H,6H2,(H,9,10);/q;+1/p-1. The van der Waals surface area contributed by atoms with Gasteiger partial charge in [0.15, 0.2) is 0 Å². The van der Waals surface area contributed by atoms with Gasteiger partial charge in [0.2, 0.25) is 0 Å². The summed E-state index contributed by atoms with van der Waals surface area (Å²) in [6.07, 6.45) is 0. The predicted molar refractivity (Wildman–Crippen MR) is 39.9 cm³/mol. The van der Waals surface area contributed by atoms with Crippen LogP contribution in [0.2, 0.25) is 0 Å². The molecule has 0 fully saturated rings. The quantitative estimate of drug-likeness (QED) is 0.459. The third-order valence-corrected chi connectivity index (χ3v) is 1.67. The van der Waals surface area contributed by atoms with E-state index in [-0.39, 0.29) is 36.2 Å². The Balaban J connectivity index is 0.00000144. The molecule has 0 bridgehead atoms. The second-order valence-corrected chi connectivity index (χ2v) is 3.31. The first kappa shape index (κ1) is 13.3. The normalized spacial score (nSPS) is 14.3. The van der Waals surface area contributed by atoms with Gasteiger partial charge in [-0.05, 0) is 5.56 Å². The molecular formula is C7H7FNaO3P. The predicted octanol–water partition coefficient (Wildman–Crippen LogP) is -1.35. The van der Waals surface area contributed by atoms with E-state index in [9.17, 15) is 13.7 Å². The largest absolute Gasteiger partial charge is 1.00 e. The third-order valence-electron chi connectivity index (χ3n) is 1.23. The molecule has 0 amide bonds. The monoisotopic (exact) mass is 212 g/mol. The Morgan fingerprint density at radius 1 is 1.38 bits per heavy atom. The van der Waals surface area contributed by atoms with E-state index in [1.807, 2.05) is 0 Å². The smallest absolute Gasteiger partial charge is 0.753 e. The van der Waals surface area contributed by atoms with Crippen LogP contribution in [0.3, 0.4) is 0 Å². The summed E-state index contributed by atoms with van der Waals surface area (Å²) in [4.78, 5) is 9.94. The Morgan fingerprint density at radius 2 is 1.92 bits per heavy atom. The van der Waals surface area contributed by atoms with Gasteiger partial charge in [-0.1, -0.05) is 30.3 Å². The van der Waals surface area contributed by atoms with E-state index < -0.39 is 7.91 Å². The van der Waals surface area contributed by atoms with Crippen molar-refractivity contribution in [1.29, 1.82) is 0 Å². The first-order chi connectivity index (χ1) is 5.58. The van der Waals surface area contributed by atoms with Crippen LogP contribution >= 0.6 is 7.91 Å². The fraction of sp³-hybridized carbons (Fsp3) is 0.143. The first-order valence-corrected chi connectivity index (χ1v) is 4.70. The molecule has 1 atom stereocenters. The van der Waals surface area contributed by atoms with Crippen molar-refractivity contribution >= 4 is 7.91 Å². The molecule has 0 heterocycles. The average molecular weight is 212 g/mol. The van der Waals surface area contributed by atoms with Crippen molar-refractivity contribution in [2.45, 2.75) is 6.61 Å². The van der Waals surface area contributed by atoms with Gasteiger partial charge >= 0.3 is 37.5 Å². The molecule has 0 aliphatic rings. The fourth-order valence-electron chi connectivity index (χ4n) is 0.726. The third kappa shape index (κ3) is 6.38. The van der Waals surface area contributed by atoms with Crippen LogP contribution in [0.1, 0.15) is 5.56 Å². The molecule has 0 aliphatic heterocycles. The van der Waals surface area contributed by atoms with Gasteiger partial charge in [0.05, 0.1) is 6.61 Å². The Kier molecular flexibility index (Phi) is 6.05. The maximum Gasteiger partial charge on any atom is 1.00 e. The van der Waals surface area contributed by atoms with Crippen LogP contribution in [-0.4, -0.2) is 0 Å². The maximum atomic E-state index is 11.9. The summed E-state index contributed by atoms with van der Waals surface area (Å²) in [6, 6.07) is 8.50. The molecule has 3 nitrogen and oxygen atoms in total. The van der Waals surface area contributed by atoms with Crippen molar-refractivity contribution in [2.75, 3.05) is 0 Å². The van der Waals surface area contributed by atoms with Crippen LogP contribution in [0.25, 0.3) is 0 Å². The molecule has 1 rings (SSSR count). The van der Waals surface area contributed by atoms with Crippen LogP contribution in [0.5, 0.6) is 0 Å². The minimum atomic E-state index is -5.08. The van der Waals surface area contributed by atoms with E-state index in [1.54, 1.807) is 30.3 Å². The maximum absolute atomic E-state index is 11.9. The van der Waals surface area contributed by atoms with Crippen LogP contribution in [-0.2, 0) is 15.7 Å². The van der Waals surface area contributed by atoms with Crippen molar-refractivity contribution in [3.63, 3.8) is 0 Å². The van der Waals surface area contributed by atoms with Gasteiger partial charge in [0.1, 0.15) is 0 Å². The van der Waals surface area contributed by atoms with Gasteiger partial charge in [-0.3, -0.25) is 4.57 Å². The molecule has 0 aliphatic carbocycles. The topological polar surface area (TPSA) is 49.4 Å². The molecule has 0 spiro atoms. The fourth-order valence-corrected chi connectivity index (χ4v) is 1.03. The van der Waals surface area contributed by atoms with Crippen molar-refractivity contribution in [1.82, 2.24) is 0 Å². The Hall–Kier alpha value is 0.300. The molecule has 0 saturated carbocycles. The second kappa shape index (κ2) is 5.91. The van der Waals surface area contributed by atoms with E-state index in [0.717, 1.165) is 0 Å². The number of hydrogen-bond donors (Lipinski definition) is 0.